The topological polar surface area (TPSA) is 42.0 Å². The Morgan fingerprint density at radius 2 is 2.33 bits per heavy atom. The van der Waals surface area contributed by atoms with Gasteiger partial charge in [-0.1, -0.05) is 15.9 Å². The summed E-state index contributed by atoms with van der Waals surface area (Å²) in [4.78, 5) is 15.5. The predicted octanol–water partition coefficient (Wildman–Crippen LogP) is 2.89. The number of unbranched alkanes of at least 4 members (excludes halogenated alkanes) is 1. The molecule has 1 heterocycles. The van der Waals surface area contributed by atoms with Gasteiger partial charge in [0.2, 0.25) is 5.91 Å². The van der Waals surface area contributed by atoms with E-state index in [0.29, 0.717) is 6.42 Å². The molecule has 1 aromatic heterocycles. The number of anilines is 1. The smallest absolute Gasteiger partial charge is 0.224 e. The van der Waals surface area contributed by atoms with Crippen LogP contribution in [0.3, 0.4) is 0 Å². The lowest BCUT2D eigenvalue weighted by molar-refractivity contribution is -0.116. The van der Waals surface area contributed by atoms with Crippen LogP contribution in [0.15, 0.2) is 18.5 Å². The van der Waals surface area contributed by atoms with E-state index >= 15 is 0 Å². The number of aromatic nitrogens is 1. The second-order valence-electron chi connectivity index (χ2n) is 3.38. The Morgan fingerprint density at radius 1 is 1.53 bits per heavy atom. The highest BCUT2D eigenvalue weighted by atomic mass is 79.9. The number of hydrogen-bond acceptors (Lipinski definition) is 2. The third kappa shape index (κ3) is 4.42. The molecule has 0 unspecified atom stereocenters. The molecule has 0 atom stereocenters. The van der Waals surface area contributed by atoms with Gasteiger partial charge in [-0.2, -0.15) is 0 Å². The quantitative estimate of drug-likeness (QED) is 0.661. The van der Waals surface area contributed by atoms with Gasteiger partial charge in [0.25, 0.3) is 0 Å². The second-order valence-corrected chi connectivity index (χ2v) is 4.18. The van der Waals surface area contributed by atoms with Crippen LogP contribution in [-0.4, -0.2) is 16.2 Å². The third-order valence-electron chi connectivity index (χ3n) is 2.10. The van der Waals surface area contributed by atoms with E-state index in [1.807, 2.05) is 13.0 Å². The van der Waals surface area contributed by atoms with E-state index in [4.69, 9.17) is 0 Å². The standard InChI is InChI=1S/C11H15BrN2O/c1-9-5-7-13-8-10(9)14-11(15)4-2-3-6-12/h5,7-8H,2-4,6H2,1H3,(H,14,15). The van der Waals surface area contributed by atoms with E-state index in [0.717, 1.165) is 29.4 Å². The average Bonchev–Trinajstić information content (AvgIpc) is 2.22. The zero-order chi connectivity index (χ0) is 11.1. The first-order valence-electron chi connectivity index (χ1n) is 5.00. The van der Waals surface area contributed by atoms with Gasteiger partial charge in [-0.05, 0) is 31.4 Å². The van der Waals surface area contributed by atoms with Gasteiger partial charge in [0.1, 0.15) is 0 Å². The zero-order valence-electron chi connectivity index (χ0n) is 8.79. The minimum atomic E-state index is 0.0621. The van der Waals surface area contributed by atoms with Crippen LogP contribution in [0.2, 0.25) is 0 Å². The van der Waals surface area contributed by atoms with Gasteiger partial charge in [0.15, 0.2) is 0 Å². The highest BCUT2D eigenvalue weighted by Crippen LogP contribution is 2.12. The molecule has 1 rings (SSSR count). The Labute approximate surface area is 98.4 Å². The van der Waals surface area contributed by atoms with Gasteiger partial charge in [0, 0.05) is 17.9 Å². The first kappa shape index (κ1) is 12.2. The summed E-state index contributed by atoms with van der Waals surface area (Å²) in [6.07, 6.45) is 5.91. The van der Waals surface area contributed by atoms with Crippen LogP contribution < -0.4 is 5.32 Å². The lowest BCUT2D eigenvalue weighted by Gasteiger charge is -2.06. The normalized spacial score (nSPS) is 10.0. The lowest BCUT2D eigenvalue weighted by Crippen LogP contribution is -2.12. The molecule has 15 heavy (non-hydrogen) atoms. The number of pyridine rings is 1. The number of amides is 1. The van der Waals surface area contributed by atoms with Crippen molar-refractivity contribution >= 4 is 27.5 Å². The number of halogens is 1. The summed E-state index contributed by atoms with van der Waals surface area (Å²) in [6, 6.07) is 1.88. The lowest BCUT2D eigenvalue weighted by atomic mass is 10.2. The van der Waals surface area contributed by atoms with Crippen molar-refractivity contribution in [2.75, 3.05) is 10.6 Å². The van der Waals surface area contributed by atoms with Crippen molar-refractivity contribution in [2.45, 2.75) is 26.2 Å². The summed E-state index contributed by atoms with van der Waals surface area (Å²) in [6.45, 7) is 1.95. The molecule has 0 radical (unpaired) electrons. The molecule has 0 fully saturated rings. The van der Waals surface area contributed by atoms with E-state index in [1.54, 1.807) is 12.4 Å². The largest absolute Gasteiger partial charge is 0.325 e. The maximum Gasteiger partial charge on any atom is 0.224 e. The summed E-state index contributed by atoms with van der Waals surface area (Å²) in [5.41, 5.74) is 1.85. The van der Waals surface area contributed by atoms with Crippen LogP contribution in [0, 0.1) is 6.92 Å². The average molecular weight is 271 g/mol. The molecule has 1 amide bonds. The minimum Gasteiger partial charge on any atom is -0.325 e. The van der Waals surface area contributed by atoms with E-state index < -0.39 is 0 Å². The Kier molecular flexibility index (Phi) is 5.32. The van der Waals surface area contributed by atoms with Gasteiger partial charge < -0.3 is 5.32 Å². The van der Waals surface area contributed by atoms with Crippen molar-refractivity contribution < 1.29 is 4.79 Å². The number of nitrogens with zero attached hydrogens (tertiary/aromatic N) is 1. The monoisotopic (exact) mass is 270 g/mol. The molecule has 0 bridgehead atoms. The molecule has 82 valence electrons. The zero-order valence-corrected chi connectivity index (χ0v) is 10.4. The number of carbonyl (C=O) groups is 1. The maximum atomic E-state index is 11.5. The van der Waals surface area contributed by atoms with Gasteiger partial charge in [-0.3, -0.25) is 9.78 Å². The van der Waals surface area contributed by atoms with Crippen LogP contribution in [0.25, 0.3) is 0 Å². The van der Waals surface area contributed by atoms with Crippen molar-refractivity contribution in [3.05, 3.63) is 24.0 Å². The Morgan fingerprint density at radius 3 is 3.00 bits per heavy atom. The third-order valence-corrected chi connectivity index (χ3v) is 2.66. The van der Waals surface area contributed by atoms with Crippen LogP contribution >= 0.6 is 15.9 Å². The van der Waals surface area contributed by atoms with E-state index in [1.165, 1.54) is 0 Å². The van der Waals surface area contributed by atoms with Crippen molar-refractivity contribution in [1.82, 2.24) is 4.98 Å². The first-order chi connectivity index (χ1) is 7.24. The van der Waals surface area contributed by atoms with Gasteiger partial charge in [-0.15, -0.1) is 0 Å². The molecule has 4 heteroatoms. The summed E-state index contributed by atoms with van der Waals surface area (Å²) in [5, 5.41) is 3.80. The van der Waals surface area contributed by atoms with E-state index in [2.05, 4.69) is 26.2 Å². The molecular weight excluding hydrogens is 256 g/mol. The maximum absolute atomic E-state index is 11.5. The highest BCUT2D eigenvalue weighted by molar-refractivity contribution is 9.09. The molecule has 0 aliphatic rings. The minimum absolute atomic E-state index is 0.0621. The predicted molar refractivity (Wildman–Crippen MR) is 65.2 cm³/mol. The summed E-state index contributed by atoms with van der Waals surface area (Å²) < 4.78 is 0. The molecule has 0 saturated heterocycles. The number of carbonyl (C=O) groups excluding carboxylic acids is 1. The van der Waals surface area contributed by atoms with Gasteiger partial charge in [0.05, 0.1) is 11.9 Å². The molecule has 3 nitrogen and oxygen atoms in total. The molecule has 0 aliphatic heterocycles. The highest BCUT2D eigenvalue weighted by Gasteiger charge is 2.03. The Hall–Kier alpha value is -0.900. The van der Waals surface area contributed by atoms with Crippen LogP contribution in [-0.2, 0) is 4.79 Å². The molecule has 1 aromatic rings. The van der Waals surface area contributed by atoms with Gasteiger partial charge in [-0.25, -0.2) is 0 Å². The fourth-order valence-electron chi connectivity index (χ4n) is 1.19. The second kappa shape index (κ2) is 6.56. The molecule has 0 spiro atoms. The summed E-state index contributed by atoms with van der Waals surface area (Å²) >= 11 is 3.34. The molecule has 0 saturated carbocycles. The summed E-state index contributed by atoms with van der Waals surface area (Å²) in [5.74, 6) is 0.0621. The van der Waals surface area contributed by atoms with E-state index in [9.17, 15) is 4.79 Å². The Bertz CT molecular complexity index is 328. The van der Waals surface area contributed by atoms with Crippen LogP contribution in [0.4, 0.5) is 5.69 Å². The van der Waals surface area contributed by atoms with Crippen molar-refractivity contribution in [3.8, 4) is 0 Å². The molecule has 0 aromatic carbocycles. The van der Waals surface area contributed by atoms with Crippen LogP contribution in [0.5, 0.6) is 0 Å². The Balaban J connectivity index is 2.41. The van der Waals surface area contributed by atoms with Crippen molar-refractivity contribution in [3.63, 3.8) is 0 Å². The van der Waals surface area contributed by atoms with Crippen molar-refractivity contribution in [1.29, 1.82) is 0 Å². The number of nitrogens with one attached hydrogen (secondary N) is 1. The molecule has 0 aliphatic carbocycles. The SMILES string of the molecule is Cc1ccncc1NC(=O)CCCCBr. The fraction of sp³-hybridized carbons (Fsp3) is 0.455. The van der Waals surface area contributed by atoms with E-state index in [-0.39, 0.29) is 5.91 Å². The first-order valence-corrected chi connectivity index (χ1v) is 6.12. The fourth-order valence-corrected chi connectivity index (χ4v) is 1.58. The number of hydrogen-bond donors (Lipinski definition) is 1. The number of rotatable bonds is 5. The molecular formula is C11H15BrN2O. The van der Waals surface area contributed by atoms with Gasteiger partial charge >= 0.3 is 0 Å². The number of aryl methyl sites for hydroxylation is 1. The summed E-state index contributed by atoms with van der Waals surface area (Å²) in [7, 11) is 0. The van der Waals surface area contributed by atoms with Crippen molar-refractivity contribution in [2.24, 2.45) is 0 Å². The molecule has 1 N–H and O–H groups in total. The van der Waals surface area contributed by atoms with Crippen LogP contribution in [0.1, 0.15) is 24.8 Å². The number of alkyl halides is 1.